The Morgan fingerprint density at radius 2 is 2.14 bits per heavy atom. The molecule has 2 amide bonds. The van der Waals surface area contributed by atoms with Crippen molar-refractivity contribution in [2.24, 2.45) is 0 Å². The van der Waals surface area contributed by atoms with Gasteiger partial charge in [0.25, 0.3) is 0 Å². The van der Waals surface area contributed by atoms with Gasteiger partial charge in [-0.15, -0.1) is 23.1 Å². The summed E-state index contributed by atoms with van der Waals surface area (Å²) in [6, 6.07) is 8.35. The number of hydrogen-bond donors (Lipinski definition) is 2. The van der Waals surface area contributed by atoms with E-state index in [0.717, 1.165) is 23.5 Å². The van der Waals surface area contributed by atoms with Gasteiger partial charge in [-0.1, -0.05) is 12.1 Å². The number of aromatic nitrogens is 1. The maximum absolute atomic E-state index is 12.5. The molecule has 1 aromatic heterocycles. The van der Waals surface area contributed by atoms with Crippen LogP contribution in [0.2, 0.25) is 0 Å². The van der Waals surface area contributed by atoms with Crippen LogP contribution in [-0.4, -0.2) is 28.6 Å². The van der Waals surface area contributed by atoms with Gasteiger partial charge in [-0.2, -0.15) is 0 Å². The van der Waals surface area contributed by atoms with Crippen LogP contribution in [0.4, 0.5) is 0 Å². The average Bonchev–Trinajstić information content (AvgIpc) is 3.27. The minimum atomic E-state index is -0.337. The van der Waals surface area contributed by atoms with Crippen molar-refractivity contribution < 1.29 is 9.59 Å². The maximum Gasteiger partial charge on any atom is 0.220 e. The molecule has 7 heteroatoms. The molecule has 0 aliphatic carbocycles. The molecule has 2 N–H and O–H groups in total. The van der Waals surface area contributed by atoms with Crippen LogP contribution in [0.5, 0.6) is 0 Å². The molecule has 3 rings (SSSR count). The van der Waals surface area contributed by atoms with E-state index >= 15 is 0 Å². The van der Waals surface area contributed by atoms with E-state index in [1.54, 1.807) is 23.1 Å². The number of aryl methyl sites for hydroxylation is 1. The molecule has 0 saturated carbocycles. The van der Waals surface area contributed by atoms with Crippen LogP contribution in [0.3, 0.4) is 0 Å². The molecule has 1 saturated heterocycles. The van der Waals surface area contributed by atoms with Crippen molar-refractivity contribution in [1.29, 1.82) is 0 Å². The first-order valence-electron chi connectivity index (χ1n) is 9.54. The highest BCUT2D eigenvalue weighted by Gasteiger charge is 2.37. The van der Waals surface area contributed by atoms with E-state index in [2.05, 4.69) is 46.1 Å². The number of rotatable bonds is 8. The van der Waals surface area contributed by atoms with Crippen molar-refractivity contribution in [3.63, 3.8) is 0 Å². The van der Waals surface area contributed by atoms with E-state index in [1.165, 1.54) is 10.5 Å². The Balaban J connectivity index is 1.60. The number of benzene rings is 1. The predicted molar refractivity (Wildman–Crippen MR) is 115 cm³/mol. The highest BCUT2D eigenvalue weighted by Crippen LogP contribution is 2.30. The first kappa shape index (κ1) is 20.9. The van der Waals surface area contributed by atoms with E-state index in [0.29, 0.717) is 19.3 Å². The molecule has 1 aromatic carbocycles. The Bertz CT molecular complexity index is 834. The Kier molecular flexibility index (Phi) is 6.78. The van der Waals surface area contributed by atoms with E-state index < -0.39 is 0 Å². The van der Waals surface area contributed by atoms with Crippen LogP contribution in [-0.2, 0) is 16.0 Å². The SMILES string of the molecule is CSc1ccc(CC2(CCC(=O)NC(C)c3nc(C)cs3)CCC(=O)N2)cc1. The lowest BCUT2D eigenvalue weighted by atomic mass is 9.85. The summed E-state index contributed by atoms with van der Waals surface area (Å²) in [6.45, 7) is 3.91. The Labute approximate surface area is 174 Å². The second kappa shape index (κ2) is 9.09. The van der Waals surface area contributed by atoms with Crippen LogP contribution in [0.25, 0.3) is 0 Å². The molecular formula is C21H27N3O2S2. The lowest BCUT2D eigenvalue weighted by Gasteiger charge is -2.29. The van der Waals surface area contributed by atoms with Gasteiger partial charge in [-0.05, 0) is 57.1 Å². The van der Waals surface area contributed by atoms with Gasteiger partial charge in [-0.3, -0.25) is 9.59 Å². The van der Waals surface area contributed by atoms with Crippen molar-refractivity contribution in [3.05, 3.63) is 45.9 Å². The molecule has 5 nitrogen and oxygen atoms in total. The molecule has 150 valence electrons. The number of hydrogen-bond acceptors (Lipinski definition) is 5. The van der Waals surface area contributed by atoms with Crippen LogP contribution >= 0.6 is 23.1 Å². The fourth-order valence-electron chi connectivity index (χ4n) is 3.62. The summed E-state index contributed by atoms with van der Waals surface area (Å²) >= 11 is 3.27. The highest BCUT2D eigenvalue weighted by atomic mass is 32.2. The molecule has 1 aliphatic rings. The monoisotopic (exact) mass is 417 g/mol. The topological polar surface area (TPSA) is 71.1 Å². The largest absolute Gasteiger partial charge is 0.350 e. The molecule has 0 bridgehead atoms. The average molecular weight is 418 g/mol. The highest BCUT2D eigenvalue weighted by molar-refractivity contribution is 7.98. The third-order valence-corrected chi connectivity index (χ3v) is 7.04. The zero-order valence-corrected chi connectivity index (χ0v) is 18.2. The predicted octanol–water partition coefficient (Wildman–Crippen LogP) is 4.02. The van der Waals surface area contributed by atoms with Crippen LogP contribution in [0.15, 0.2) is 34.5 Å². The van der Waals surface area contributed by atoms with E-state index in [1.807, 2.05) is 19.2 Å². The molecule has 2 heterocycles. The Hall–Kier alpha value is -1.86. The zero-order chi connectivity index (χ0) is 20.1. The summed E-state index contributed by atoms with van der Waals surface area (Å²) in [5.41, 5.74) is 1.82. The number of amides is 2. The lowest BCUT2D eigenvalue weighted by molar-refractivity contribution is -0.123. The molecule has 2 atom stereocenters. The summed E-state index contributed by atoms with van der Waals surface area (Å²) in [5.74, 6) is 0.0754. The van der Waals surface area contributed by atoms with Crippen LogP contribution in [0, 0.1) is 6.92 Å². The third kappa shape index (κ3) is 5.35. The number of nitrogens with zero attached hydrogens (tertiary/aromatic N) is 1. The molecular weight excluding hydrogens is 390 g/mol. The second-order valence-electron chi connectivity index (χ2n) is 7.47. The summed E-state index contributed by atoms with van der Waals surface area (Å²) < 4.78 is 0. The van der Waals surface area contributed by atoms with Crippen LogP contribution < -0.4 is 10.6 Å². The Morgan fingerprint density at radius 1 is 1.39 bits per heavy atom. The fourth-order valence-corrected chi connectivity index (χ4v) is 4.83. The molecule has 0 spiro atoms. The minimum absolute atomic E-state index is 0.00129. The van der Waals surface area contributed by atoms with E-state index in [9.17, 15) is 9.59 Å². The van der Waals surface area contributed by atoms with Gasteiger partial charge in [0.2, 0.25) is 11.8 Å². The number of carbonyl (C=O) groups excluding carboxylic acids is 2. The standard InChI is InChI=1S/C21H27N3O2S2/c1-14-13-28-20(22-14)15(2)23-18(25)8-10-21(11-9-19(26)24-21)12-16-4-6-17(27-3)7-5-16/h4-7,13,15H,8-12H2,1-3H3,(H,23,25)(H,24,26). The maximum atomic E-state index is 12.5. The van der Waals surface area contributed by atoms with Crippen LogP contribution in [0.1, 0.15) is 54.9 Å². The first-order chi connectivity index (χ1) is 13.4. The van der Waals surface area contributed by atoms with Gasteiger partial charge in [0.05, 0.1) is 6.04 Å². The lowest BCUT2D eigenvalue weighted by Crippen LogP contribution is -2.44. The molecule has 1 fully saturated rings. The van der Waals surface area contributed by atoms with Gasteiger partial charge in [-0.25, -0.2) is 4.98 Å². The summed E-state index contributed by atoms with van der Waals surface area (Å²) in [7, 11) is 0. The number of thiazole rings is 1. The zero-order valence-electron chi connectivity index (χ0n) is 16.6. The first-order valence-corrected chi connectivity index (χ1v) is 11.6. The summed E-state index contributed by atoms with van der Waals surface area (Å²) in [5, 5.41) is 9.10. The number of thioether (sulfide) groups is 1. The van der Waals surface area contributed by atoms with Gasteiger partial charge < -0.3 is 10.6 Å². The van der Waals surface area contributed by atoms with Crippen molar-refractivity contribution in [3.8, 4) is 0 Å². The smallest absolute Gasteiger partial charge is 0.220 e. The third-order valence-electron chi connectivity index (χ3n) is 5.15. The number of carbonyl (C=O) groups is 2. The molecule has 2 aromatic rings. The minimum Gasteiger partial charge on any atom is -0.350 e. The van der Waals surface area contributed by atoms with Gasteiger partial charge >= 0.3 is 0 Å². The number of nitrogens with one attached hydrogen (secondary N) is 2. The van der Waals surface area contributed by atoms with E-state index in [4.69, 9.17) is 0 Å². The van der Waals surface area contributed by atoms with Gasteiger partial charge in [0.1, 0.15) is 5.01 Å². The second-order valence-corrected chi connectivity index (χ2v) is 9.24. The fraction of sp³-hybridized carbons (Fsp3) is 0.476. The molecule has 0 radical (unpaired) electrons. The molecule has 2 unspecified atom stereocenters. The van der Waals surface area contributed by atoms with Crippen molar-refractivity contribution in [1.82, 2.24) is 15.6 Å². The quantitative estimate of drug-likeness (QED) is 0.637. The summed E-state index contributed by atoms with van der Waals surface area (Å²) in [6.07, 6.45) is 5.13. The van der Waals surface area contributed by atoms with Gasteiger partial charge in [0.15, 0.2) is 0 Å². The Morgan fingerprint density at radius 3 is 2.71 bits per heavy atom. The van der Waals surface area contributed by atoms with Gasteiger partial charge in [0, 0.05) is 34.4 Å². The van der Waals surface area contributed by atoms with Crippen molar-refractivity contribution in [2.75, 3.05) is 6.26 Å². The molecule has 1 aliphatic heterocycles. The molecule has 28 heavy (non-hydrogen) atoms. The normalized spacial score (nSPS) is 20.0. The summed E-state index contributed by atoms with van der Waals surface area (Å²) in [4.78, 5) is 30.1. The van der Waals surface area contributed by atoms with E-state index in [-0.39, 0.29) is 23.4 Å². The van der Waals surface area contributed by atoms with Crippen molar-refractivity contribution >= 4 is 34.9 Å². The van der Waals surface area contributed by atoms with Crippen molar-refractivity contribution in [2.45, 2.75) is 62.4 Å².